The second kappa shape index (κ2) is 20.4. The first-order chi connectivity index (χ1) is 23.4. The molecule has 1 saturated carbocycles. The van der Waals surface area contributed by atoms with Gasteiger partial charge in [-0.15, -0.1) is 12.3 Å². The Morgan fingerprint density at radius 1 is 1.02 bits per heavy atom. The highest BCUT2D eigenvalue weighted by Crippen LogP contribution is 2.29. The predicted octanol–water partition coefficient (Wildman–Crippen LogP) is 3.87. The lowest BCUT2D eigenvalue weighted by Crippen LogP contribution is -2.56. The lowest BCUT2D eigenvalue weighted by molar-refractivity contribution is -0.132. The Kier molecular flexibility index (Phi) is 16.7. The Morgan fingerprint density at radius 2 is 1.71 bits per heavy atom. The average Bonchev–Trinajstić information content (AvgIpc) is 3.08. The first kappa shape index (κ1) is 40.1. The molecular weight excluding hydrogens is 641 g/mol. The minimum atomic E-state index is -3.88. The van der Waals surface area contributed by atoms with Gasteiger partial charge in [0.05, 0.1) is 23.8 Å². The van der Waals surface area contributed by atoms with Crippen molar-refractivity contribution in [1.82, 2.24) is 19.9 Å². The van der Waals surface area contributed by atoms with Gasteiger partial charge in [0, 0.05) is 38.3 Å². The largest absolute Gasteiger partial charge is 0.390 e. The number of benzene rings is 1. The van der Waals surface area contributed by atoms with E-state index < -0.39 is 57.8 Å². The van der Waals surface area contributed by atoms with Crippen LogP contribution in [0.2, 0.25) is 0 Å². The summed E-state index contributed by atoms with van der Waals surface area (Å²) < 4.78 is 28.4. The number of hydrogen-bond acceptors (Lipinski definition) is 7. The Balaban J connectivity index is 1.80. The number of carbonyl (C=O) groups is 2. The maximum atomic E-state index is 13.9. The van der Waals surface area contributed by atoms with Crippen molar-refractivity contribution < 1.29 is 28.2 Å². The number of nitrogens with zero attached hydrogens (tertiary/aromatic N) is 2. The fourth-order valence-corrected chi connectivity index (χ4v) is 7.89. The van der Waals surface area contributed by atoms with Crippen molar-refractivity contribution in [3.63, 3.8) is 0 Å². The van der Waals surface area contributed by atoms with Crippen LogP contribution in [0, 0.1) is 30.1 Å². The Labute approximate surface area is 293 Å². The molecule has 4 N–H and O–H groups in total. The Morgan fingerprint density at radius 3 is 2.35 bits per heavy atom. The van der Waals surface area contributed by atoms with Gasteiger partial charge in [0.1, 0.15) is 12.1 Å². The first-order valence-electron chi connectivity index (χ1n) is 17.7. The summed E-state index contributed by atoms with van der Waals surface area (Å²) in [7, 11) is -2.39. The van der Waals surface area contributed by atoms with E-state index in [4.69, 9.17) is 6.42 Å². The van der Waals surface area contributed by atoms with Crippen molar-refractivity contribution >= 4 is 21.8 Å². The lowest BCUT2D eigenvalue weighted by atomic mass is 9.82. The van der Waals surface area contributed by atoms with Gasteiger partial charge < -0.3 is 20.8 Å². The fraction of sp³-hybridized carbons (Fsp3) is 0.605. The normalized spacial score (nSPS) is 17.1. The van der Waals surface area contributed by atoms with Crippen molar-refractivity contribution in [2.45, 2.75) is 109 Å². The molecule has 1 aliphatic carbocycles. The highest BCUT2D eigenvalue weighted by Gasteiger charge is 2.35. The molecule has 1 heterocycles. The summed E-state index contributed by atoms with van der Waals surface area (Å²) in [5.41, 5.74) is 1.54. The van der Waals surface area contributed by atoms with Crippen LogP contribution in [0.15, 0.2) is 54.7 Å². The van der Waals surface area contributed by atoms with E-state index in [-0.39, 0.29) is 31.7 Å². The van der Waals surface area contributed by atoms with E-state index in [0.29, 0.717) is 25.2 Å². The minimum Gasteiger partial charge on any atom is -0.390 e. The van der Waals surface area contributed by atoms with Gasteiger partial charge in [-0.2, -0.15) is 0 Å². The van der Waals surface area contributed by atoms with Gasteiger partial charge >= 0.3 is 0 Å². The number of nitrogens with one attached hydrogen (secondary N) is 2. The molecule has 1 unspecified atom stereocenters. The zero-order valence-corrected chi connectivity index (χ0v) is 30.2. The van der Waals surface area contributed by atoms with E-state index in [1.807, 2.05) is 56.3 Å². The molecule has 11 heteroatoms. The highest BCUT2D eigenvalue weighted by atomic mass is 32.2. The van der Waals surface area contributed by atoms with Crippen LogP contribution >= 0.6 is 0 Å². The van der Waals surface area contributed by atoms with Crippen molar-refractivity contribution in [2.75, 3.05) is 19.3 Å². The number of sulfonamides is 1. The molecule has 0 saturated heterocycles. The number of carbonyl (C=O) groups excluding carboxylic acids is 2. The molecule has 3 rings (SSSR count). The molecule has 5 atom stereocenters. The summed E-state index contributed by atoms with van der Waals surface area (Å²) in [5, 5.41) is 27.8. The number of pyridine rings is 1. The molecule has 49 heavy (non-hydrogen) atoms. The number of aliphatic hydroxyl groups is 2. The van der Waals surface area contributed by atoms with Crippen molar-refractivity contribution in [1.29, 1.82) is 0 Å². The number of likely N-dealkylation sites (N-methyl/N-ethyl adjacent to an activating group) is 1. The second-order valence-electron chi connectivity index (χ2n) is 13.9. The Hall–Kier alpha value is -3.30. The van der Waals surface area contributed by atoms with Crippen LogP contribution in [0.1, 0.15) is 82.9 Å². The maximum Gasteiger partial charge on any atom is 0.242 e. The molecule has 270 valence electrons. The monoisotopic (exact) mass is 696 g/mol. The zero-order chi connectivity index (χ0) is 35.8. The number of rotatable bonds is 20. The standard InChI is InChI=1S/C38H56N4O6S/c1-5-6-20-33(38(46)41-34(26-30-17-11-8-12-18-30)36(44)35(43)24-28(2)3)40-37(45)31(25-29-15-9-7-10-16-29)27-49(47,48)42(4)23-21-32-19-13-14-22-39-32/h1,7,9-10,13-16,19,22,28,30-31,33-36,43-44H,6,8,11-12,17-18,20-21,23-27H2,2-4H3,(H,40,45)(H,41,46)/t31?,33-,34-,35-,36+/m0/s1. The molecule has 0 radical (unpaired) electrons. The third-order valence-corrected chi connectivity index (χ3v) is 11.3. The highest BCUT2D eigenvalue weighted by molar-refractivity contribution is 7.89. The summed E-state index contributed by atoms with van der Waals surface area (Å²) in [5.74, 6) is 0.421. The number of amides is 2. The van der Waals surface area contributed by atoms with Gasteiger partial charge in [-0.3, -0.25) is 14.6 Å². The average molecular weight is 697 g/mol. The van der Waals surface area contributed by atoms with Crippen LogP contribution in [0.4, 0.5) is 0 Å². The van der Waals surface area contributed by atoms with Crippen LogP contribution < -0.4 is 10.6 Å². The van der Waals surface area contributed by atoms with Crippen LogP contribution in [0.5, 0.6) is 0 Å². The number of terminal acetylenes is 1. The van der Waals surface area contributed by atoms with Gasteiger partial charge in [0.25, 0.3) is 0 Å². The van der Waals surface area contributed by atoms with Gasteiger partial charge in [-0.25, -0.2) is 12.7 Å². The number of hydrogen-bond donors (Lipinski definition) is 4. The number of aromatic nitrogens is 1. The van der Waals surface area contributed by atoms with Gasteiger partial charge in [-0.1, -0.05) is 82.3 Å². The summed E-state index contributed by atoms with van der Waals surface area (Å²) in [6.07, 6.45) is 12.1. The number of aliphatic hydroxyl groups excluding tert-OH is 2. The maximum absolute atomic E-state index is 13.9. The molecule has 10 nitrogen and oxygen atoms in total. The molecule has 1 aromatic carbocycles. The van der Waals surface area contributed by atoms with Gasteiger partial charge in [0.2, 0.25) is 21.8 Å². The molecule has 1 fully saturated rings. The molecule has 0 bridgehead atoms. The van der Waals surface area contributed by atoms with Gasteiger partial charge in [0.15, 0.2) is 0 Å². The Bertz CT molecular complexity index is 1430. The smallest absolute Gasteiger partial charge is 0.242 e. The second-order valence-corrected chi connectivity index (χ2v) is 16.0. The zero-order valence-electron chi connectivity index (χ0n) is 29.3. The molecule has 1 aliphatic rings. The quantitative estimate of drug-likeness (QED) is 0.154. The minimum absolute atomic E-state index is 0.129. The third kappa shape index (κ3) is 13.9. The predicted molar refractivity (Wildman–Crippen MR) is 193 cm³/mol. The fourth-order valence-electron chi connectivity index (χ4n) is 6.49. The third-order valence-electron chi connectivity index (χ3n) is 9.36. The summed E-state index contributed by atoms with van der Waals surface area (Å²) in [6.45, 7) is 4.11. The van der Waals surface area contributed by atoms with Crippen LogP contribution in [-0.4, -0.2) is 83.4 Å². The SMILES string of the molecule is C#CCC[C@H](NC(=O)C(Cc1ccccc1)CS(=O)(=O)N(C)CCc1ccccn1)C(=O)N[C@@H](CC1CCCCC1)[C@@H](O)[C@@H](O)CC(C)C. The molecule has 1 aromatic heterocycles. The molecule has 0 aliphatic heterocycles. The molecule has 2 amide bonds. The van der Waals surface area contributed by atoms with E-state index in [1.165, 1.54) is 11.4 Å². The van der Waals surface area contributed by atoms with E-state index >= 15 is 0 Å². The van der Waals surface area contributed by atoms with E-state index in [1.54, 1.807) is 12.3 Å². The van der Waals surface area contributed by atoms with E-state index in [9.17, 15) is 28.2 Å². The van der Waals surface area contributed by atoms with Crippen LogP contribution in [0.3, 0.4) is 0 Å². The lowest BCUT2D eigenvalue weighted by Gasteiger charge is -2.34. The summed E-state index contributed by atoms with van der Waals surface area (Å²) >= 11 is 0. The molecule has 0 spiro atoms. The van der Waals surface area contributed by atoms with Gasteiger partial charge in [-0.05, 0) is 55.2 Å². The van der Waals surface area contributed by atoms with E-state index in [0.717, 1.165) is 43.4 Å². The van der Waals surface area contributed by atoms with Crippen LogP contribution in [0.25, 0.3) is 0 Å². The topological polar surface area (TPSA) is 149 Å². The van der Waals surface area contributed by atoms with Crippen molar-refractivity contribution in [3.8, 4) is 12.3 Å². The molecule has 2 aromatic rings. The van der Waals surface area contributed by atoms with Crippen molar-refractivity contribution in [3.05, 3.63) is 66.0 Å². The first-order valence-corrected chi connectivity index (χ1v) is 19.3. The molecular formula is C38H56N4O6S. The van der Waals surface area contributed by atoms with Crippen LogP contribution in [-0.2, 0) is 32.5 Å². The summed E-state index contributed by atoms with van der Waals surface area (Å²) in [6, 6.07) is 12.9. The van der Waals surface area contributed by atoms with Crippen molar-refractivity contribution in [2.24, 2.45) is 17.8 Å². The summed E-state index contributed by atoms with van der Waals surface area (Å²) in [4.78, 5) is 32.1. The van der Waals surface area contributed by atoms with E-state index in [2.05, 4.69) is 21.5 Å².